The van der Waals surface area contributed by atoms with Crippen LogP contribution in [0, 0.1) is 0 Å². The Kier molecular flexibility index (Phi) is 4.12. The number of rotatable bonds is 4. The molecule has 82 valence electrons. The maximum absolute atomic E-state index is 11.1. The molecule has 4 heteroatoms. The first-order valence-corrected chi connectivity index (χ1v) is 4.63. The Hall–Kier alpha value is -1.55. The topological polar surface area (TPSA) is 61.5 Å². The minimum absolute atomic E-state index is 0.405. The van der Waals surface area contributed by atoms with Crippen molar-refractivity contribution in [2.24, 2.45) is 5.73 Å². The van der Waals surface area contributed by atoms with E-state index in [2.05, 4.69) is 4.74 Å². The van der Waals surface area contributed by atoms with Crippen molar-refractivity contribution in [2.45, 2.75) is 12.5 Å². The molecule has 2 N–H and O–H groups in total. The predicted molar refractivity (Wildman–Crippen MR) is 56.7 cm³/mol. The predicted octanol–water partition coefficient (Wildman–Crippen LogP) is 0.738. The molecule has 1 aromatic rings. The van der Waals surface area contributed by atoms with Crippen LogP contribution in [0.25, 0.3) is 0 Å². The summed E-state index contributed by atoms with van der Waals surface area (Å²) in [4.78, 5) is 11.1. The second-order valence-electron chi connectivity index (χ2n) is 3.19. The van der Waals surface area contributed by atoms with E-state index in [4.69, 9.17) is 10.5 Å². The molecule has 0 saturated carbocycles. The third kappa shape index (κ3) is 3.25. The molecule has 0 saturated heterocycles. The monoisotopic (exact) mass is 209 g/mol. The molecule has 0 spiro atoms. The van der Waals surface area contributed by atoms with Crippen LogP contribution in [0.15, 0.2) is 24.3 Å². The summed E-state index contributed by atoms with van der Waals surface area (Å²) in [5.74, 6) is 0.349. The van der Waals surface area contributed by atoms with Gasteiger partial charge < -0.3 is 15.2 Å². The summed E-state index contributed by atoms with van der Waals surface area (Å²) < 4.78 is 9.61. The van der Waals surface area contributed by atoms with Gasteiger partial charge in [0.25, 0.3) is 0 Å². The average molecular weight is 209 g/mol. The van der Waals surface area contributed by atoms with E-state index in [-0.39, 0.29) is 0 Å². The van der Waals surface area contributed by atoms with Crippen molar-refractivity contribution in [3.63, 3.8) is 0 Å². The van der Waals surface area contributed by atoms with Gasteiger partial charge in [0.2, 0.25) is 0 Å². The number of carbonyl (C=O) groups excluding carboxylic acids is 1. The molecule has 0 fully saturated rings. The van der Waals surface area contributed by atoms with E-state index in [1.807, 2.05) is 24.3 Å². The molecule has 0 aromatic heterocycles. The smallest absolute Gasteiger partial charge is 0.322 e. The van der Waals surface area contributed by atoms with E-state index in [1.54, 1.807) is 7.11 Å². The first-order chi connectivity index (χ1) is 7.17. The summed E-state index contributed by atoms with van der Waals surface area (Å²) in [6.45, 7) is 0. The fourth-order valence-corrected chi connectivity index (χ4v) is 1.29. The molecule has 0 bridgehead atoms. The number of ether oxygens (including phenoxy) is 2. The Bertz CT molecular complexity index is 338. The average Bonchev–Trinajstić information content (AvgIpc) is 2.28. The fourth-order valence-electron chi connectivity index (χ4n) is 1.29. The van der Waals surface area contributed by atoms with E-state index in [0.717, 1.165) is 11.3 Å². The molecule has 15 heavy (non-hydrogen) atoms. The number of carbonyl (C=O) groups is 1. The van der Waals surface area contributed by atoms with Crippen molar-refractivity contribution in [2.75, 3.05) is 14.2 Å². The lowest BCUT2D eigenvalue weighted by molar-refractivity contribution is -0.142. The molecule has 0 aliphatic rings. The summed E-state index contributed by atoms with van der Waals surface area (Å²) in [6.07, 6.45) is 0.448. The SMILES string of the molecule is COC(=O)C(N)Cc1cccc(OC)c1. The summed E-state index contributed by atoms with van der Waals surface area (Å²) >= 11 is 0. The Balaban J connectivity index is 2.67. The van der Waals surface area contributed by atoms with Crippen LogP contribution in [0.5, 0.6) is 5.75 Å². The molecular formula is C11H15NO3. The fraction of sp³-hybridized carbons (Fsp3) is 0.364. The van der Waals surface area contributed by atoms with Crippen LogP contribution in [0.2, 0.25) is 0 Å². The largest absolute Gasteiger partial charge is 0.497 e. The molecule has 0 radical (unpaired) electrons. The van der Waals surface area contributed by atoms with Crippen molar-refractivity contribution in [3.8, 4) is 5.75 Å². The summed E-state index contributed by atoms with van der Waals surface area (Å²) in [7, 11) is 2.92. The number of esters is 1. The summed E-state index contributed by atoms with van der Waals surface area (Å²) in [5.41, 5.74) is 6.59. The van der Waals surface area contributed by atoms with Gasteiger partial charge in [0.15, 0.2) is 0 Å². The van der Waals surface area contributed by atoms with Crippen molar-refractivity contribution < 1.29 is 14.3 Å². The number of benzene rings is 1. The van der Waals surface area contributed by atoms with Gasteiger partial charge in [0, 0.05) is 0 Å². The zero-order valence-electron chi connectivity index (χ0n) is 8.90. The maximum Gasteiger partial charge on any atom is 0.322 e. The lowest BCUT2D eigenvalue weighted by atomic mass is 10.1. The van der Waals surface area contributed by atoms with Gasteiger partial charge in [0.1, 0.15) is 11.8 Å². The number of nitrogens with two attached hydrogens (primary N) is 1. The molecule has 1 atom stereocenters. The highest BCUT2D eigenvalue weighted by Crippen LogP contribution is 2.13. The Morgan fingerprint density at radius 2 is 2.20 bits per heavy atom. The van der Waals surface area contributed by atoms with Gasteiger partial charge in [-0.25, -0.2) is 0 Å². The first kappa shape index (κ1) is 11.5. The van der Waals surface area contributed by atoms with E-state index >= 15 is 0 Å². The Morgan fingerprint density at radius 3 is 2.80 bits per heavy atom. The molecule has 4 nitrogen and oxygen atoms in total. The second kappa shape index (κ2) is 5.36. The quantitative estimate of drug-likeness (QED) is 0.743. The van der Waals surface area contributed by atoms with Crippen LogP contribution in [-0.2, 0) is 16.0 Å². The summed E-state index contributed by atoms with van der Waals surface area (Å²) in [6, 6.07) is 6.82. The minimum Gasteiger partial charge on any atom is -0.497 e. The highest BCUT2D eigenvalue weighted by atomic mass is 16.5. The van der Waals surface area contributed by atoms with Crippen molar-refractivity contribution in [1.29, 1.82) is 0 Å². The van der Waals surface area contributed by atoms with Crippen molar-refractivity contribution in [1.82, 2.24) is 0 Å². The zero-order chi connectivity index (χ0) is 11.3. The number of methoxy groups -OCH3 is 2. The van der Waals surface area contributed by atoms with Crippen molar-refractivity contribution >= 4 is 5.97 Å². The van der Waals surface area contributed by atoms with Gasteiger partial charge in [-0.1, -0.05) is 12.1 Å². The molecule has 0 aliphatic heterocycles. The Labute approximate surface area is 89.0 Å². The van der Waals surface area contributed by atoms with E-state index < -0.39 is 12.0 Å². The van der Waals surface area contributed by atoms with Crippen LogP contribution in [0.3, 0.4) is 0 Å². The van der Waals surface area contributed by atoms with Gasteiger partial charge in [-0.2, -0.15) is 0 Å². The minimum atomic E-state index is -0.623. The van der Waals surface area contributed by atoms with Crippen LogP contribution in [-0.4, -0.2) is 26.2 Å². The van der Waals surface area contributed by atoms with Gasteiger partial charge in [-0.3, -0.25) is 4.79 Å². The third-order valence-corrected chi connectivity index (χ3v) is 2.09. The molecular weight excluding hydrogens is 194 g/mol. The Morgan fingerprint density at radius 1 is 1.47 bits per heavy atom. The van der Waals surface area contributed by atoms with Crippen LogP contribution in [0.1, 0.15) is 5.56 Å². The number of hydrogen-bond acceptors (Lipinski definition) is 4. The number of hydrogen-bond donors (Lipinski definition) is 1. The second-order valence-corrected chi connectivity index (χ2v) is 3.19. The summed E-state index contributed by atoms with van der Waals surface area (Å²) in [5, 5.41) is 0. The van der Waals surface area contributed by atoms with Gasteiger partial charge in [-0.15, -0.1) is 0 Å². The van der Waals surface area contributed by atoms with E-state index in [9.17, 15) is 4.79 Å². The van der Waals surface area contributed by atoms with Crippen molar-refractivity contribution in [3.05, 3.63) is 29.8 Å². The zero-order valence-corrected chi connectivity index (χ0v) is 8.90. The van der Waals surface area contributed by atoms with E-state index in [1.165, 1.54) is 7.11 Å². The molecule has 0 aliphatic carbocycles. The van der Waals surface area contributed by atoms with Gasteiger partial charge in [0.05, 0.1) is 14.2 Å². The lowest BCUT2D eigenvalue weighted by Crippen LogP contribution is -2.33. The molecule has 0 heterocycles. The van der Waals surface area contributed by atoms with Gasteiger partial charge >= 0.3 is 5.97 Å². The lowest BCUT2D eigenvalue weighted by Gasteiger charge is -2.09. The third-order valence-electron chi connectivity index (χ3n) is 2.09. The molecule has 0 amide bonds. The molecule has 1 rings (SSSR count). The highest BCUT2D eigenvalue weighted by molar-refractivity contribution is 5.75. The maximum atomic E-state index is 11.1. The van der Waals surface area contributed by atoms with Gasteiger partial charge in [-0.05, 0) is 24.1 Å². The molecule has 1 aromatic carbocycles. The normalized spacial score (nSPS) is 11.9. The standard InChI is InChI=1S/C11H15NO3/c1-14-9-5-3-4-8(6-9)7-10(12)11(13)15-2/h3-6,10H,7,12H2,1-2H3. The van der Waals surface area contributed by atoms with Crippen LogP contribution in [0.4, 0.5) is 0 Å². The van der Waals surface area contributed by atoms with Crippen LogP contribution >= 0.6 is 0 Å². The van der Waals surface area contributed by atoms with Crippen LogP contribution < -0.4 is 10.5 Å². The van der Waals surface area contributed by atoms with E-state index in [0.29, 0.717) is 6.42 Å². The highest BCUT2D eigenvalue weighted by Gasteiger charge is 2.14. The first-order valence-electron chi connectivity index (χ1n) is 4.63. The molecule has 1 unspecified atom stereocenters.